The lowest BCUT2D eigenvalue weighted by Gasteiger charge is -2.28. The van der Waals surface area contributed by atoms with Crippen LogP contribution in [0.3, 0.4) is 0 Å². The van der Waals surface area contributed by atoms with Crippen LogP contribution in [0.15, 0.2) is 18.3 Å². The van der Waals surface area contributed by atoms with E-state index in [4.69, 9.17) is 5.73 Å². The Labute approximate surface area is 148 Å². The molecule has 1 aromatic rings. The van der Waals surface area contributed by atoms with Gasteiger partial charge in [0.05, 0.1) is 11.1 Å². The van der Waals surface area contributed by atoms with Gasteiger partial charge in [-0.15, -0.1) is 12.4 Å². The quantitative estimate of drug-likeness (QED) is 0.707. The third kappa shape index (κ3) is 5.43. The molecule has 0 bridgehead atoms. The number of alkyl halides is 4. The lowest BCUT2D eigenvalue weighted by atomic mass is 9.97. The number of pyridine rings is 1. The average molecular weight is 386 g/mol. The number of nitrogens with zero attached hydrogens (tertiary/aromatic N) is 1. The molecule has 0 aliphatic heterocycles. The number of amides is 1. The standard InChI is InChI=1S/C15H19F4N3O2.ClH/c16-13(17)15(18,19)9-24-11-4-3-10(7-21-11)12(23)22-14(8-20)5-1-2-6-14;/h3-4,7,13H,1-2,5-6,8-9,20H2,(H,22,23);1H. The number of carbonyl (C=O) groups excluding carboxylic acids is 1. The molecule has 0 aromatic carbocycles. The van der Waals surface area contributed by atoms with Crippen LogP contribution in [0.1, 0.15) is 36.0 Å². The zero-order chi connectivity index (χ0) is 17.8. The van der Waals surface area contributed by atoms with Crippen LogP contribution < -0.4 is 15.8 Å². The Hall–Kier alpha value is -1.61. The fourth-order valence-corrected chi connectivity index (χ4v) is 2.58. The van der Waals surface area contributed by atoms with Gasteiger partial charge in [-0.25, -0.2) is 13.8 Å². The summed E-state index contributed by atoms with van der Waals surface area (Å²) in [5.74, 6) is -4.89. The van der Waals surface area contributed by atoms with Gasteiger partial charge in [-0.2, -0.15) is 8.78 Å². The molecule has 1 aromatic heterocycles. The van der Waals surface area contributed by atoms with Gasteiger partial charge in [-0.05, 0) is 18.9 Å². The number of carbonyl (C=O) groups is 1. The van der Waals surface area contributed by atoms with Crippen molar-refractivity contribution >= 4 is 18.3 Å². The highest BCUT2D eigenvalue weighted by molar-refractivity contribution is 5.94. The van der Waals surface area contributed by atoms with Gasteiger partial charge < -0.3 is 15.8 Å². The predicted molar refractivity (Wildman–Crippen MR) is 85.7 cm³/mol. The molecule has 25 heavy (non-hydrogen) atoms. The van der Waals surface area contributed by atoms with Gasteiger partial charge in [0, 0.05) is 18.8 Å². The fraction of sp³-hybridized carbons (Fsp3) is 0.600. The molecular formula is C15H20ClF4N3O2. The Balaban J connectivity index is 0.00000312. The number of nitrogens with two attached hydrogens (primary N) is 1. The SMILES string of the molecule is Cl.NCC1(NC(=O)c2ccc(OCC(F)(F)C(F)F)nc2)CCCC1. The molecule has 2 rings (SSSR count). The number of hydrogen-bond acceptors (Lipinski definition) is 4. The van der Waals surface area contributed by atoms with Crippen LogP contribution >= 0.6 is 12.4 Å². The van der Waals surface area contributed by atoms with Crippen molar-refractivity contribution in [3.05, 3.63) is 23.9 Å². The molecule has 1 aliphatic carbocycles. The van der Waals surface area contributed by atoms with Crippen molar-refractivity contribution in [3.63, 3.8) is 0 Å². The van der Waals surface area contributed by atoms with Gasteiger partial charge in [-0.3, -0.25) is 4.79 Å². The highest BCUT2D eigenvalue weighted by Gasteiger charge is 2.41. The Morgan fingerprint density at radius 3 is 2.48 bits per heavy atom. The molecule has 1 heterocycles. The van der Waals surface area contributed by atoms with Gasteiger partial charge in [-0.1, -0.05) is 12.8 Å². The van der Waals surface area contributed by atoms with E-state index in [1.807, 2.05) is 0 Å². The van der Waals surface area contributed by atoms with E-state index in [0.29, 0.717) is 6.54 Å². The molecular weight excluding hydrogens is 366 g/mol. The number of ether oxygens (including phenoxy) is 1. The highest BCUT2D eigenvalue weighted by Crippen LogP contribution is 2.29. The molecule has 3 N–H and O–H groups in total. The first-order valence-corrected chi connectivity index (χ1v) is 7.55. The lowest BCUT2D eigenvalue weighted by molar-refractivity contribution is -0.148. The number of rotatable bonds is 7. The largest absolute Gasteiger partial charge is 0.471 e. The second kappa shape index (κ2) is 8.66. The minimum absolute atomic E-state index is 0. The number of halogens is 5. The van der Waals surface area contributed by atoms with E-state index in [-0.39, 0.29) is 29.8 Å². The summed E-state index contributed by atoms with van der Waals surface area (Å²) in [4.78, 5) is 15.9. The van der Waals surface area contributed by atoms with E-state index in [1.165, 1.54) is 12.1 Å². The summed E-state index contributed by atoms with van der Waals surface area (Å²) in [6, 6.07) is 2.51. The van der Waals surface area contributed by atoms with Crippen molar-refractivity contribution in [1.29, 1.82) is 0 Å². The highest BCUT2D eigenvalue weighted by atomic mass is 35.5. The van der Waals surface area contributed by atoms with Crippen LogP contribution in [0.2, 0.25) is 0 Å². The molecule has 0 radical (unpaired) electrons. The fourth-order valence-electron chi connectivity index (χ4n) is 2.58. The molecule has 1 amide bonds. The van der Waals surface area contributed by atoms with Crippen LogP contribution in [0.4, 0.5) is 17.6 Å². The van der Waals surface area contributed by atoms with E-state index in [9.17, 15) is 22.4 Å². The molecule has 0 atom stereocenters. The first-order chi connectivity index (χ1) is 11.3. The summed E-state index contributed by atoms with van der Waals surface area (Å²) in [6.07, 6.45) is 0.895. The van der Waals surface area contributed by atoms with E-state index in [1.54, 1.807) is 0 Å². The molecule has 1 fully saturated rings. The molecule has 0 unspecified atom stereocenters. The van der Waals surface area contributed by atoms with Crippen LogP contribution in [-0.2, 0) is 0 Å². The van der Waals surface area contributed by atoms with Crippen LogP contribution in [0, 0.1) is 0 Å². The number of hydrogen-bond donors (Lipinski definition) is 2. The average Bonchev–Trinajstić information content (AvgIpc) is 3.02. The summed E-state index contributed by atoms with van der Waals surface area (Å²) < 4.78 is 54.2. The molecule has 10 heteroatoms. The van der Waals surface area contributed by atoms with E-state index < -0.39 is 24.5 Å². The molecule has 142 valence electrons. The maximum atomic E-state index is 12.8. The minimum atomic E-state index is -4.26. The summed E-state index contributed by atoms with van der Waals surface area (Å²) in [6.45, 7) is -1.16. The Morgan fingerprint density at radius 2 is 2.00 bits per heavy atom. The van der Waals surface area contributed by atoms with Crippen molar-refractivity contribution in [2.75, 3.05) is 13.2 Å². The second-order valence-electron chi connectivity index (χ2n) is 5.88. The zero-order valence-electron chi connectivity index (χ0n) is 13.3. The monoisotopic (exact) mass is 385 g/mol. The zero-order valence-corrected chi connectivity index (χ0v) is 14.1. The summed E-state index contributed by atoms with van der Waals surface area (Å²) in [5, 5.41) is 2.89. The molecule has 0 saturated heterocycles. The Bertz CT molecular complexity index is 566. The van der Waals surface area contributed by atoms with Gasteiger partial charge in [0.15, 0.2) is 6.61 Å². The first kappa shape index (κ1) is 21.4. The maximum Gasteiger partial charge on any atom is 0.340 e. The van der Waals surface area contributed by atoms with Gasteiger partial charge in [0.1, 0.15) is 0 Å². The maximum absolute atomic E-state index is 12.8. The van der Waals surface area contributed by atoms with Crippen LogP contribution in [0.25, 0.3) is 0 Å². The predicted octanol–water partition coefficient (Wildman–Crippen LogP) is 2.78. The second-order valence-corrected chi connectivity index (χ2v) is 5.88. The van der Waals surface area contributed by atoms with Gasteiger partial charge in [0.25, 0.3) is 5.91 Å². The molecule has 1 aliphatic rings. The van der Waals surface area contributed by atoms with Crippen molar-refractivity contribution in [1.82, 2.24) is 10.3 Å². The van der Waals surface area contributed by atoms with Crippen molar-refractivity contribution in [2.24, 2.45) is 5.73 Å². The van der Waals surface area contributed by atoms with E-state index in [2.05, 4.69) is 15.0 Å². The summed E-state index contributed by atoms with van der Waals surface area (Å²) in [7, 11) is 0. The van der Waals surface area contributed by atoms with Gasteiger partial charge >= 0.3 is 12.3 Å². The number of nitrogens with one attached hydrogen (secondary N) is 1. The topological polar surface area (TPSA) is 77.2 Å². The van der Waals surface area contributed by atoms with Gasteiger partial charge in [0.2, 0.25) is 5.88 Å². The molecule has 5 nitrogen and oxygen atoms in total. The van der Waals surface area contributed by atoms with E-state index in [0.717, 1.165) is 31.9 Å². The van der Waals surface area contributed by atoms with Crippen molar-refractivity contribution in [2.45, 2.75) is 43.6 Å². The smallest absolute Gasteiger partial charge is 0.340 e. The molecule has 0 spiro atoms. The summed E-state index contributed by atoms with van der Waals surface area (Å²) in [5.41, 5.74) is 5.53. The summed E-state index contributed by atoms with van der Waals surface area (Å²) >= 11 is 0. The number of aromatic nitrogens is 1. The van der Waals surface area contributed by atoms with E-state index >= 15 is 0 Å². The van der Waals surface area contributed by atoms with Crippen LogP contribution in [0.5, 0.6) is 5.88 Å². The molecule has 1 saturated carbocycles. The lowest BCUT2D eigenvalue weighted by Crippen LogP contribution is -2.51. The Morgan fingerprint density at radius 1 is 1.36 bits per heavy atom. The van der Waals surface area contributed by atoms with Crippen molar-refractivity contribution in [3.8, 4) is 5.88 Å². The minimum Gasteiger partial charge on any atom is -0.471 e. The van der Waals surface area contributed by atoms with Crippen LogP contribution in [-0.4, -0.2) is 41.9 Å². The Kier molecular flexibility index (Phi) is 7.43. The third-order valence-electron chi connectivity index (χ3n) is 4.06. The first-order valence-electron chi connectivity index (χ1n) is 7.55. The van der Waals surface area contributed by atoms with Crippen molar-refractivity contribution < 1.29 is 27.1 Å². The normalized spacial score (nSPS) is 16.4. The third-order valence-corrected chi connectivity index (χ3v) is 4.06.